The van der Waals surface area contributed by atoms with Gasteiger partial charge in [-0.25, -0.2) is 4.98 Å². The van der Waals surface area contributed by atoms with Crippen LogP contribution in [0.5, 0.6) is 0 Å². The molecule has 0 saturated heterocycles. The van der Waals surface area contributed by atoms with Crippen LogP contribution in [0.3, 0.4) is 0 Å². The van der Waals surface area contributed by atoms with Crippen molar-refractivity contribution >= 4 is 5.91 Å². The van der Waals surface area contributed by atoms with Crippen LogP contribution < -0.4 is 5.32 Å². The summed E-state index contributed by atoms with van der Waals surface area (Å²) in [5.41, 5.74) is 0.755. The molecule has 0 saturated carbocycles. The summed E-state index contributed by atoms with van der Waals surface area (Å²) in [6.45, 7) is 1.79. The fraction of sp³-hybridized carbons (Fsp3) is 0.182. The first-order valence-corrected chi connectivity index (χ1v) is 5.08. The molecule has 0 aliphatic carbocycles. The van der Waals surface area contributed by atoms with E-state index < -0.39 is 11.9 Å². The topological polar surface area (TPSA) is 70.7 Å². The van der Waals surface area contributed by atoms with E-state index in [1.54, 1.807) is 19.3 Å². The lowest BCUT2D eigenvalue weighted by Crippen LogP contribution is -2.27. The van der Waals surface area contributed by atoms with Gasteiger partial charge in [0.2, 0.25) is 5.95 Å². The molecule has 1 atom stereocenters. The van der Waals surface area contributed by atoms with E-state index in [1.807, 2.05) is 0 Å². The molecule has 2 N–H and O–H groups in total. The van der Waals surface area contributed by atoms with Crippen molar-refractivity contribution in [1.82, 2.24) is 20.5 Å². The molecule has 1 amide bonds. The van der Waals surface area contributed by atoms with Gasteiger partial charge < -0.3 is 5.32 Å². The maximum atomic E-state index is 13.2. The minimum atomic E-state index is -0.774. The van der Waals surface area contributed by atoms with Gasteiger partial charge in [-0.05, 0) is 19.1 Å². The number of aromatic nitrogens is 3. The van der Waals surface area contributed by atoms with Crippen LogP contribution in [0.4, 0.5) is 4.39 Å². The molecule has 0 aliphatic rings. The fourth-order valence-corrected chi connectivity index (χ4v) is 1.41. The zero-order valence-corrected chi connectivity index (χ0v) is 9.14. The summed E-state index contributed by atoms with van der Waals surface area (Å²) in [7, 11) is 0. The van der Waals surface area contributed by atoms with Crippen LogP contribution in [0, 0.1) is 5.95 Å². The third kappa shape index (κ3) is 2.47. The third-order valence-electron chi connectivity index (χ3n) is 2.37. The van der Waals surface area contributed by atoms with Gasteiger partial charge in [0, 0.05) is 18.0 Å². The molecular weight excluding hydrogens is 223 g/mol. The largest absolute Gasteiger partial charge is 0.345 e. The lowest BCUT2D eigenvalue weighted by Gasteiger charge is -2.11. The van der Waals surface area contributed by atoms with Crippen LogP contribution in [0.15, 0.2) is 30.7 Å². The van der Waals surface area contributed by atoms with E-state index in [4.69, 9.17) is 0 Å². The summed E-state index contributed by atoms with van der Waals surface area (Å²) in [4.78, 5) is 15.2. The Hall–Kier alpha value is -2.24. The van der Waals surface area contributed by atoms with Gasteiger partial charge in [-0.2, -0.15) is 9.49 Å². The molecule has 88 valence electrons. The van der Waals surface area contributed by atoms with Gasteiger partial charge in [0.05, 0.1) is 17.8 Å². The van der Waals surface area contributed by atoms with Crippen LogP contribution in [0.1, 0.15) is 28.9 Å². The second-order valence-electron chi connectivity index (χ2n) is 3.57. The highest BCUT2D eigenvalue weighted by atomic mass is 19.1. The summed E-state index contributed by atoms with van der Waals surface area (Å²) >= 11 is 0. The van der Waals surface area contributed by atoms with Crippen molar-refractivity contribution in [1.29, 1.82) is 0 Å². The lowest BCUT2D eigenvalue weighted by atomic mass is 10.1. The first kappa shape index (κ1) is 11.3. The van der Waals surface area contributed by atoms with Crippen molar-refractivity contribution in [3.8, 4) is 0 Å². The van der Waals surface area contributed by atoms with Crippen molar-refractivity contribution in [2.75, 3.05) is 0 Å². The molecule has 6 heteroatoms. The summed E-state index contributed by atoms with van der Waals surface area (Å²) in [5.74, 6) is -1.27. The number of pyridine rings is 1. The first-order chi connectivity index (χ1) is 8.18. The van der Waals surface area contributed by atoms with Gasteiger partial charge in [0.15, 0.2) is 0 Å². The van der Waals surface area contributed by atoms with Crippen LogP contribution in [0.2, 0.25) is 0 Å². The van der Waals surface area contributed by atoms with Crippen molar-refractivity contribution in [2.45, 2.75) is 13.0 Å². The Labute approximate surface area is 97.1 Å². The maximum Gasteiger partial charge on any atom is 0.256 e. The van der Waals surface area contributed by atoms with Crippen molar-refractivity contribution in [2.24, 2.45) is 0 Å². The molecule has 0 aliphatic heterocycles. The monoisotopic (exact) mass is 234 g/mol. The van der Waals surface area contributed by atoms with Crippen molar-refractivity contribution in [3.63, 3.8) is 0 Å². The lowest BCUT2D eigenvalue weighted by molar-refractivity contribution is 0.0935. The zero-order valence-electron chi connectivity index (χ0n) is 9.14. The van der Waals surface area contributed by atoms with E-state index in [2.05, 4.69) is 20.5 Å². The molecule has 0 spiro atoms. The van der Waals surface area contributed by atoms with Gasteiger partial charge in [-0.15, -0.1) is 0 Å². The standard InChI is InChI=1S/C11H11FN4O/c1-7(8-5-14-15-6-8)16-11(17)9-3-2-4-13-10(9)12/h2-7H,1H3,(H,14,15)(H,16,17). The normalized spacial score (nSPS) is 12.1. The SMILES string of the molecule is CC(NC(=O)c1cccnc1F)c1cn[nH]c1. The van der Waals surface area contributed by atoms with Gasteiger partial charge in [-0.3, -0.25) is 9.89 Å². The molecule has 0 bridgehead atoms. The molecule has 5 nitrogen and oxygen atoms in total. The number of aromatic amines is 1. The van der Waals surface area contributed by atoms with Crippen molar-refractivity contribution in [3.05, 3.63) is 47.8 Å². The summed E-state index contributed by atoms with van der Waals surface area (Å²) in [5, 5.41) is 9.09. The molecule has 2 heterocycles. The third-order valence-corrected chi connectivity index (χ3v) is 2.37. The van der Waals surface area contributed by atoms with Gasteiger partial charge in [-0.1, -0.05) is 0 Å². The molecule has 2 aromatic rings. The van der Waals surface area contributed by atoms with E-state index in [-0.39, 0.29) is 11.6 Å². The van der Waals surface area contributed by atoms with Gasteiger partial charge in [0.1, 0.15) is 0 Å². The molecule has 0 radical (unpaired) electrons. The number of carbonyl (C=O) groups excluding carboxylic acids is 1. The maximum absolute atomic E-state index is 13.2. The minimum Gasteiger partial charge on any atom is -0.345 e. The van der Waals surface area contributed by atoms with Gasteiger partial charge >= 0.3 is 0 Å². The average molecular weight is 234 g/mol. The van der Waals surface area contributed by atoms with E-state index in [9.17, 15) is 9.18 Å². The van der Waals surface area contributed by atoms with E-state index >= 15 is 0 Å². The zero-order chi connectivity index (χ0) is 12.3. The highest BCUT2D eigenvalue weighted by Gasteiger charge is 2.15. The molecule has 17 heavy (non-hydrogen) atoms. The average Bonchev–Trinajstić information content (AvgIpc) is 2.82. The molecule has 2 aromatic heterocycles. The Morgan fingerprint density at radius 1 is 1.59 bits per heavy atom. The second kappa shape index (κ2) is 4.73. The Morgan fingerprint density at radius 2 is 2.41 bits per heavy atom. The summed E-state index contributed by atoms with van der Waals surface area (Å²) in [6.07, 6.45) is 4.57. The first-order valence-electron chi connectivity index (χ1n) is 5.08. The van der Waals surface area contributed by atoms with Crippen LogP contribution in [0.25, 0.3) is 0 Å². The number of rotatable bonds is 3. The number of hydrogen-bond acceptors (Lipinski definition) is 3. The van der Waals surface area contributed by atoms with E-state index in [0.717, 1.165) is 5.56 Å². The Kier molecular flexibility index (Phi) is 3.13. The quantitative estimate of drug-likeness (QED) is 0.789. The Bertz CT molecular complexity index is 512. The van der Waals surface area contributed by atoms with Gasteiger partial charge in [0.25, 0.3) is 5.91 Å². The number of halogens is 1. The van der Waals surface area contributed by atoms with Crippen LogP contribution in [-0.2, 0) is 0 Å². The molecule has 0 fully saturated rings. The van der Waals surface area contributed by atoms with E-state index in [0.29, 0.717) is 0 Å². The van der Waals surface area contributed by atoms with Crippen molar-refractivity contribution < 1.29 is 9.18 Å². The van der Waals surface area contributed by atoms with Crippen LogP contribution >= 0.6 is 0 Å². The molecule has 0 aromatic carbocycles. The molecule has 2 rings (SSSR count). The number of hydrogen-bond donors (Lipinski definition) is 2. The highest BCUT2D eigenvalue weighted by molar-refractivity contribution is 5.94. The minimum absolute atomic E-state index is 0.0668. The van der Waals surface area contributed by atoms with E-state index in [1.165, 1.54) is 18.3 Å². The summed E-state index contributed by atoms with van der Waals surface area (Å²) in [6, 6.07) is 2.65. The Morgan fingerprint density at radius 3 is 3.06 bits per heavy atom. The number of nitrogens with zero attached hydrogens (tertiary/aromatic N) is 2. The highest BCUT2D eigenvalue weighted by Crippen LogP contribution is 2.11. The molecular formula is C11H11FN4O. The Balaban J connectivity index is 2.10. The predicted molar refractivity (Wildman–Crippen MR) is 58.7 cm³/mol. The van der Waals surface area contributed by atoms with Crippen LogP contribution in [-0.4, -0.2) is 21.1 Å². The number of H-pyrrole nitrogens is 1. The predicted octanol–water partition coefficient (Wildman–Crippen LogP) is 1.43. The second-order valence-corrected chi connectivity index (χ2v) is 3.57. The molecule has 1 unspecified atom stereocenters. The number of carbonyl (C=O) groups is 1. The summed E-state index contributed by atoms with van der Waals surface area (Å²) < 4.78 is 13.2. The number of nitrogens with one attached hydrogen (secondary N) is 2. The number of amides is 1. The smallest absolute Gasteiger partial charge is 0.256 e. The fourth-order valence-electron chi connectivity index (χ4n) is 1.41.